The summed E-state index contributed by atoms with van der Waals surface area (Å²) in [5, 5.41) is 3.96. The zero-order valence-corrected chi connectivity index (χ0v) is 6.02. The number of nitrogen functional groups attached to an aromatic ring is 1. The van der Waals surface area contributed by atoms with E-state index in [2.05, 4.69) is 15.1 Å². The van der Waals surface area contributed by atoms with E-state index in [1.165, 1.54) is 6.33 Å². The maximum absolute atomic E-state index is 5.56. The lowest BCUT2D eigenvalue weighted by Crippen LogP contribution is -1.99. The van der Waals surface area contributed by atoms with Gasteiger partial charge in [-0.2, -0.15) is 5.10 Å². The van der Waals surface area contributed by atoms with Crippen molar-refractivity contribution in [2.24, 2.45) is 0 Å². The van der Waals surface area contributed by atoms with Crippen molar-refractivity contribution in [1.82, 2.24) is 19.6 Å². The van der Waals surface area contributed by atoms with Crippen LogP contribution in [0.2, 0.25) is 0 Å². The van der Waals surface area contributed by atoms with Crippen LogP contribution in [-0.2, 0) is 0 Å². The van der Waals surface area contributed by atoms with Crippen molar-refractivity contribution >= 4 is 11.3 Å². The summed E-state index contributed by atoms with van der Waals surface area (Å²) in [5.74, 6) is 1.27. The van der Waals surface area contributed by atoms with Crippen molar-refractivity contribution in [3.63, 3.8) is 0 Å². The van der Waals surface area contributed by atoms with Gasteiger partial charge in [0.25, 0.3) is 0 Å². The molecule has 5 nitrogen and oxygen atoms in total. The van der Waals surface area contributed by atoms with Gasteiger partial charge in [0, 0.05) is 0 Å². The number of rotatable bonds is 0. The average Bonchev–Trinajstić information content (AvgIpc) is 2.35. The summed E-state index contributed by atoms with van der Waals surface area (Å²) < 4.78 is 1.66. The van der Waals surface area contributed by atoms with E-state index in [-0.39, 0.29) is 0 Å². The number of anilines is 1. The quantitative estimate of drug-likeness (QED) is 0.573. The third kappa shape index (κ3) is 0.739. The Hall–Kier alpha value is -1.65. The second-order valence-electron chi connectivity index (χ2n) is 2.25. The maximum atomic E-state index is 5.56. The van der Waals surface area contributed by atoms with Gasteiger partial charge in [0.05, 0.1) is 6.20 Å². The minimum atomic E-state index is 0.459. The molecule has 2 rings (SSSR count). The Kier molecular flexibility index (Phi) is 1.06. The molecule has 0 aliphatic rings. The first-order valence-corrected chi connectivity index (χ1v) is 3.20. The third-order valence-electron chi connectivity index (χ3n) is 1.53. The Morgan fingerprint density at radius 1 is 1.45 bits per heavy atom. The molecule has 0 bridgehead atoms. The summed E-state index contributed by atoms with van der Waals surface area (Å²) in [6, 6.07) is 0. The number of fused-ring (bicyclic) bond motifs is 1. The summed E-state index contributed by atoms with van der Waals surface area (Å²) in [5.41, 5.74) is 6.31. The van der Waals surface area contributed by atoms with Crippen LogP contribution in [0, 0.1) is 6.92 Å². The minimum Gasteiger partial charge on any atom is -0.382 e. The van der Waals surface area contributed by atoms with E-state index in [1.54, 1.807) is 10.7 Å². The first-order valence-electron chi connectivity index (χ1n) is 3.20. The van der Waals surface area contributed by atoms with Gasteiger partial charge in [-0.1, -0.05) is 0 Å². The highest BCUT2D eigenvalue weighted by molar-refractivity contribution is 5.63. The lowest BCUT2D eigenvalue weighted by Gasteiger charge is -1.94. The molecule has 2 N–H and O–H groups in total. The van der Waals surface area contributed by atoms with E-state index in [9.17, 15) is 0 Å². The standard InChI is InChI=1S/C6H7N5/c1-4-8-2-5-6(7)9-3-10-11(4)5/h2-3H,1H3,(H2,7,9,10). The molecule has 0 saturated heterocycles. The summed E-state index contributed by atoms with van der Waals surface area (Å²) >= 11 is 0. The van der Waals surface area contributed by atoms with Crippen molar-refractivity contribution < 1.29 is 0 Å². The van der Waals surface area contributed by atoms with Gasteiger partial charge in [0.1, 0.15) is 17.7 Å². The lowest BCUT2D eigenvalue weighted by atomic mass is 10.5. The fourth-order valence-electron chi connectivity index (χ4n) is 0.964. The van der Waals surface area contributed by atoms with Gasteiger partial charge in [-0.15, -0.1) is 0 Å². The molecule has 56 valence electrons. The van der Waals surface area contributed by atoms with E-state index < -0.39 is 0 Å². The van der Waals surface area contributed by atoms with Crippen molar-refractivity contribution in [2.75, 3.05) is 5.73 Å². The monoisotopic (exact) mass is 149 g/mol. The topological polar surface area (TPSA) is 69.1 Å². The van der Waals surface area contributed by atoms with Crippen molar-refractivity contribution in [3.05, 3.63) is 18.3 Å². The van der Waals surface area contributed by atoms with Crippen LogP contribution in [0.5, 0.6) is 0 Å². The van der Waals surface area contributed by atoms with Crippen molar-refractivity contribution in [2.45, 2.75) is 6.92 Å². The molecule has 5 heteroatoms. The molecule has 0 spiro atoms. The number of imidazole rings is 1. The number of hydrogen-bond donors (Lipinski definition) is 1. The van der Waals surface area contributed by atoms with E-state index in [1.807, 2.05) is 6.92 Å². The van der Waals surface area contributed by atoms with Crippen molar-refractivity contribution in [3.8, 4) is 0 Å². The van der Waals surface area contributed by atoms with Gasteiger partial charge in [0.15, 0.2) is 5.82 Å². The third-order valence-corrected chi connectivity index (χ3v) is 1.53. The second-order valence-corrected chi connectivity index (χ2v) is 2.25. The average molecular weight is 149 g/mol. The second kappa shape index (κ2) is 1.91. The maximum Gasteiger partial charge on any atom is 0.153 e. The SMILES string of the molecule is Cc1ncc2c(N)ncnn12. The number of nitrogens with two attached hydrogens (primary N) is 1. The molecule has 0 unspecified atom stereocenters. The van der Waals surface area contributed by atoms with Gasteiger partial charge in [-0.25, -0.2) is 14.5 Å². The fourth-order valence-corrected chi connectivity index (χ4v) is 0.964. The molecule has 2 aromatic heterocycles. The first kappa shape index (κ1) is 6.09. The van der Waals surface area contributed by atoms with Crippen LogP contribution in [0.3, 0.4) is 0 Å². The highest BCUT2D eigenvalue weighted by Crippen LogP contribution is 2.08. The van der Waals surface area contributed by atoms with Gasteiger partial charge in [-0.3, -0.25) is 0 Å². The molecule has 0 aliphatic heterocycles. The molecule has 11 heavy (non-hydrogen) atoms. The number of aromatic nitrogens is 4. The summed E-state index contributed by atoms with van der Waals surface area (Å²) in [6.07, 6.45) is 3.07. The molecule has 0 aromatic carbocycles. The highest BCUT2D eigenvalue weighted by atomic mass is 15.3. The first-order chi connectivity index (χ1) is 5.29. The molecule has 0 amide bonds. The van der Waals surface area contributed by atoms with Crippen LogP contribution in [0.25, 0.3) is 5.52 Å². The lowest BCUT2D eigenvalue weighted by molar-refractivity contribution is 0.855. The Balaban J connectivity index is 2.94. The number of hydrogen-bond acceptors (Lipinski definition) is 4. The molecule has 0 atom stereocenters. The molecule has 0 aliphatic carbocycles. The van der Waals surface area contributed by atoms with Crippen molar-refractivity contribution in [1.29, 1.82) is 0 Å². The summed E-state index contributed by atoms with van der Waals surface area (Å²) in [7, 11) is 0. The zero-order chi connectivity index (χ0) is 7.84. The van der Waals surface area contributed by atoms with Gasteiger partial charge >= 0.3 is 0 Å². The van der Waals surface area contributed by atoms with Gasteiger partial charge < -0.3 is 5.73 Å². The summed E-state index contributed by atoms with van der Waals surface area (Å²) in [4.78, 5) is 7.86. The van der Waals surface area contributed by atoms with E-state index >= 15 is 0 Å². The van der Waals surface area contributed by atoms with E-state index in [4.69, 9.17) is 5.73 Å². The minimum absolute atomic E-state index is 0.459. The normalized spacial score (nSPS) is 10.6. The Morgan fingerprint density at radius 3 is 3.00 bits per heavy atom. The van der Waals surface area contributed by atoms with Gasteiger partial charge in [0.2, 0.25) is 0 Å². The molecule has 0 saturated carbocycles. The molecule has 2 aromatic rings. The largest absolute Gasteiger partial charge is 0.382 e. The van der Waals surface area contributed by atoms with Crippen LogP contribution in [-0.4, -0.2) is 19.6 Å². The Morgan fingerprint density at radius 2 is 2.27 bits per heavy atom. The van der Waals surface area contributed by atoms with E-state index in [0.29, 0.717) is 5.82 Å². The van der Waals surface area contributed by atoms with Crippen LogP contribution < -0.4 is 5.73 Å². The highest BCUT2D eigenvalue weighted by Gasteiger charge is 2.01. The van der Waals surface area contributed by atoms with Crippen LogP contribution in [0.1, 0.15) is 5.82 Å². The summed E-state index contributed by atoms with van der Waals surface area (Å²) in [6.45, 7) is 1.86. The fraction of sp³-hybridized carbons (Fsp3) is 0.167. The van der Waals surface area contributed by atoms with E-state index in [0.717, 1.165) is 11.3 Å². The number of nitrogens with zero attached hydrogens (tertiary/aromatic N) is 4. The van der Waals surface area contributed by atoms with Crippen LogP contribution >= 0.6 is 0 Å². The Labute approximate surface area is 62.9 Å². The Bertz CT molecular complexity index is 391. The molecular weight excluding hydrogens is 142 g/mol. The van der Waals surface area contributed by atoms with Crippen LogP contribution in [0.4, 0.5) is 5.82 Å². The molecule has 0 fully saturated rings. The van der Waals surface area contributed by atoms with Crippen LogP contribution in [0.15, 0.2) is 12.5 Å². The molecular formula is C6H7N5. The molecule has 2 heterocycles. The number of aryl methyl sites for hydroxylation is 1. The predicted octanol–water partition coefficient (Wildman–Crippen LogP) is 0.0149. The smallest absolute Gasteiger partial charge is 0.153 e. The predicted molar refractivity (Wildman–Crippen MR) is 39.9 cm³/mol. The molecule has 0 radical (unpaired) electrons. The van der Waals surface area contributed by atoms with Gasteiger partial charge in [-0.05, 0) is 6.92 Å². The zero-order valence-electron chi connectivity index (χ0n) is 6.02.